The SMILES string of the molecule is CCOC(=O)C1CCN(C(=O)COC(=O)c2cc(C)n(-c3ccc(C)cc3)c2C)CC1. The normalized spacial score (nSPS) is 14.4. The van der Waals surface area contributed by atoms with Gasteiger partial charge in [0.1, 0.15) is 0 Å². The Hall–Kier alpha value is -3.09. The summed E-state index contributed by atoms with van der Waals surface area (Å²) in [5.74, 6) is -1.13. The van der Waals surface area contributed by atoms with E-state index in [1.807, 2.05) is 49.6 Å². The minimum atomic E-state index is -0.513. The Labute approximate surface area is 182 Å². The van der Waals surface area contributed by atoms with Crippen molar-refractivity contribution in [2.75, 3.05) is 26.3 Å². The van der Waals surface area contributed by atoms with Crippen LogP contribution in [0.25, 0.3) is 5.69 Å². The second kappa shape index (κ2) is 9.81. The van der Waals surface area contributed by atoms with Crippen LogP contribution in [0.4, 0.5) is 0 Å². The smallest absolute Gasteiger partial charge is 0.340 e. The lowest BCUT2D eigenvalue weighted by Crippen LogP contribution is -2.42. The van der Waals surface area contributed by atoms with E-state index >= 15 is 0 Å². The molecule has 1 saturated heterocycles. The first-order chi connectivity index (χ1) is 14.8. The van der Waals surface area contributed by atoms with Gasteiger partial charge in [-0.15, -0.1) is 0 Å². The summed E-state index contributed by atoms with van der Waals surface area (Å²) >= 11 is 0. The van der Waals surface area contributed by atoms with Gasteiger partial charge in [0, 0.05) is 30.2 Å². The maximum absolute atomic E-state index is 12.6. The van der Waals surface area contributed by atoms with Crippen LogP contribution < -0.4 is 0 Å². The number of aryl methyl sites for hydroxylation is 2. The van der Waals surface area contributed by atoms with Crippen LogP contribution in [0.3, 0.4) is 0 Å². The van der Waals surface area contributed by atoms with Gasteiger partial charge >= 0.3 is 11.9 Å². The molecule has 0 atom stereocenters. The molecule has 1 aromatic heterocycles. The van der Waals surface area contributed by atoms with Gasteiger partial charge in [0.05, 0.1) is 18.1 Å². The molecule has 0 spiro atoms. The number of benzene rings is 1. The molecule has 0 bridgehead atoms. The van der Waals surface area contributed by atoms with E-state index in [1.165, 1.54) is 0 Å². The average Bonchev–Trinajstić information content (AvgIpc) is 3.06. The van der Waals surface area contributed by atoms with E-state index in [4.69, 9.17) is 9.47 Å². The zero-order chi connectivity index (χ0) is 22.5. The largest absolute Gasteiger partial charge is 0.466 e. The minimum absolute atomic E-state index is 0.168. The molecule has 2 aromatic rings. The van der Waals surface area contributed by atoms with Crippen molar-refractivity contribution in [2.24, 2.45) is 5.92 Å². The zero-order valence-corrected chi connectivity index (χ0v) is 18.6. The number of nitrogens with zero attached hydrogens (tertiary/aromatic N) is 2. The molecular weight excluding hydrogens is 396 g/mol. The first-order valence-corrected chi connectivity index (χ1v) is 10.7. The minimum Gasteiger partial charge on any atom is -0.466 e. The summed E-state index contributed by atoms with van der Waals surface area (Å²) in [5, 5.41) is 0. The Bertz CT molecular complexity index is 953. The number of amides is 1. The molecule has 166 valence electrons. The fraction of sp³-hybridized carbons (Fsp3) is 0.458. The molecule has 1 fully saturated rings. The first-order valence-electron chi connectivity index (χ1n) is 10.7. The van der Waals surface area contributed by atoms with Crippen LogP contribution in [0.1, 0.15) is 47.1 Å². The Morgan fingerprint density at radius 1 is 1.00 bits per heavy atom. The maximum Gasteiger partial charge on any atom is 0.340 e. The highest BCUT2D eigenvalue weighted by atomic mass is 16.5. The van der Waals surface area contributed by atoms with Crippen LogP contribution in [-0.2, 0) is 19.1 Å². The summed E-state index contributed by atoms with van der Waals surface area (Å²) in [4.78, 5) is 38.6. The second-order valence-corrected chi connectivity index (χ2v) is 7.94. The van der Waals surface area contributed by atoms with Gasteiger partial charge in [0.25, 0.3) is 5.91 Å². The third kappa shape index (κ3) is 5.16. The molecule has 0 saturated carbocycles. The number of ether oxygens (including phenoxy) is 2. The number of piperidine rings is 1. The molecular formula is C24H30N2O5. The third-order valence-corrected chi connectivity index (χ3v) is 5.74. The van der Waals surface area contributed by atoms with Crippen molar-refractivity contribution >= 4 is 17.8 Å². The van der Waals surface area contributed by atoms with Gasteiger partial charge in [-0.3, -0.25) is 9.59 Å². The van der Waals surface area contributed by atoms with E-state index in [1.54, 1.807) is 17.9 Å². The van der Waals surface area contributed by atoms with Gasteiger partial charge in [-0.1, -0.05) is 17.7 Å². The van der Waals surface area contributed by atoms with Gasteiger partial charge in [0.2, 0.25) is 0 Å². The number of hydrogen-bond donors (Lipinski definition) is 0. The Morgan fingerprint density at radius 3 is 2.26 bits per heavy atom. The van der Waals surface area contributed by atoms with E-state index in [9.17, 15) is 14.4 Å². The maximum atomic E-state index is 12.6. The Balaban J connectivity index is 1.58. The highest BCUT2D eigenvalue weighted by molar-refractivity contribution is 5.93. The highest BCUT2D eigenvalue weighted by Crippen LogP contribution is 2.22. The Kier molecular flexibility index (Phi) is 7.15. The number of carbonyl (C=O) groups is 3. The molecule has 7 heteroatoms. The molecule has 0 unspecified atom stereocenters. The summed E-state index contributed by atoms with van der Waals surface area (Å²) in [5.41, 5.74) is 4.28. The fourth-order valence-corrected chi connectivity index (χ4v) is 3.98. The topological polar surface area (TPSA) is 77.8 Å². The van der Waals surface area contributed by atoms with Crippen molar-refractivity contribution in [3.63, 3.8) is 0 Å². The highest BCUT2D eigenvalue weighted by Gasteiger charge is 2.29. The lowest BCUT2D eigenvalue weighted by molar-refractivity contribution is -0.151. The quantitative estimate of drug-likeness (QED) is 0.662. The molecule has 0 N–H and O–H groups in total. The summed E-state index contributed by atoms with van der Waals surface area (Å²) < 4.78 is 12.4. The first kappa shape index (κ1) is 22.6. The predicted molar refractivity (Wildman–Crippen MR) is 116 cm³/mol. The molecule has 1 aromatic carbocycles. The standard InChI is InChI=1S/C24H30N2O5/c1-5-30-23(28)19-10-12-25(13-11-19)22(27)15-31-24(29)21-14-17(3)26(18(21)4)20-8-6-16(2)7-9-20/h6-9,14,19H,5,10-13,15H2,1-4H3. The van der Waals surface area contributed by atoms with Crippen LogP contribution >= 0.6 is 0 Å². The predicted octanol–water partition coefficient (Wildman–Crippen LogP) is 3.36. The number of hydrogen-bond acceptors (Lipinski definition) is 5. The molecule has 31 heavy (non-hydrogen) atoms. The van der Waals surface area contributed by atoms with Crippen molar-refractivity contribution in [1.29, 1.82) is 0 Å². The number of aromatic nitrogens is 1. The molecule has 7 nitrogen and oxygen atoms in total. The van der Waals surface area contributed by atoms with Gasteiger partial charge < -0.3 is 18.9 Å². The second-order valence-electron chi connectivity index (χ2n) is 7.94. The van der Waals surface area contributed by atoms with E-state index < -0.39 is 5.97 Å². The van der Waals surface area contributed by atoms with Crippen molar-refractivity contribution in [1.82, 2.24) is 9.47 Å². The number of esters is 2. The fourth-order valence-electron chi connectivity index (χ4n) is 3.98. The molecule has 3 rings (SSSR count). The van der Waals surface area contributed by atoms with Crippen LogP contribution in [0.2, 0.25) is 0 Å². The summed E-state index contributed by atoms with van der Waals surface area (Å²) in [7, 11) is 0. The molecule has 1 aliphatic heterocycles. The lowest BCUT2D eigenvalue weighted by atomic mass is 9.97. The number of rotatable bonds is 6. The summed E-state index contributed by atoms with van der Waals surface area (Å²) in [6.07, 6.45) is 1.13. The van der Waals surface area contributed by atoms with Gasteiger partial charge in [0.15, 0.2) is 6.61 Å². The van der Waals surface area contributed by atoms with Crippen LogP contribution in [0, 0.1) is 26.7 Å². The summed E-state index contributed by atoms with van der Waals surface area (Å²) in [6.45, 7) is 8.58. The van der Waals surface area contributed by atoms with Crippen LogP contribution in [0.5, 0.6) is 0 Å². The monoisotopic (exact) mass is 426 g/mol. The van der Waals surface area contributed by atoms with E-state index in [0.717, 1.165) is 22.6 Å². The van der Waals surface area contributed by atoms with Crippen molar-refractivity contribution in [3.05, 3.63) is 52.8 Å². The van der Waals surface area contributed by atoms with E-state index in [0.29, 0.717) is 38.1 Å². The molecule has 1 aliphatic rings. The van der Waals surface area contributed by atoms with Gasteiger partial charge in [-0.25, -0.2) is 4.79 Å². The molecule has 2 heterocycles. The number of likely N-dealkylation sites (tertiary alicyclic amines) is 1. The Morgan fingerprint density at radius 2 is 1.65 bits per heavy atom. The van der Waals surface area contributed by atoms with Crippen LogP contribution in [0.15, 0.2) is 30.3 Å². The third-order valence-electron chi connectivity index (χ3n) is 5.74. The summed E-state index contributed by atoms with van der Waals surface area (Å²) in [6, 6.07) is 9.85. The molecule has 0 aliphatic carbocycles. The molecule has 0 radical (unpaired) electrons. The van der Waals surface area contributed by atoms with E-state index in [2.05, 4.69) is 0 Å². The lowest BCUT2D eigenvalue weighted by Gasteiger charge is -2.30. The van der Waals surface area contributed by atoms with Crippen molar-refractivity contribution < 1.29 is 23.9 Å². The number of carbonyl (C=O) groups excluding carboxylic acids is 3. The van der Waals surface area contributed by atoms with Gasteiger partial charge in [-0.05, 0) is 58.7 Å². The molecule has 1 amide bonds. The van der Waals surface area contributed by atoms with Crippen molar-refractivity contribution in [2.45, 2.75) is 40.5 Å². The van der Waals surface area contributed by atoms with Crippen molar-refractivity contribution in [3.8, 4) is 5.69 Å². The van der Waals surface area contributed by atoms with Crippen LogP contribution in [-0.4, -0.2) is 53.6 Å². The van der Waals surface area contributed by atoms with E-state index in [-0.39, 0.29) is 24.4 Å². The zero-order valence-electron chi connectivity index (χ0n) is 18.6. The van der Waals surface area contributed by atoms with Gasteiger partial charge in [-0.2, -0.15) is 0 Å². The average molecular weight is 427 g/mol.